The lowest BCUT2D eigenvalue weighted by Gasteiger charge is -2.16. The molecule has 0 fully saturated rings. The van der Waals surface area contributed by atoms with Gasteiger partial charge in [0.1, 0.15) is 11.9 Å². The molecule has 20 heavy (non-hydrogen) atoms. The number of fused-ring (bicyclic) bond motifs is 1. The molecule has 4 nitrogen and oxygen atoms in total. The molecular formula is C16H14O4. The van der Waals surface area contributed by atoms with Crippen LogP contribution in [-0.4, -0.2) is 24.8 Å². The standard InChI is InChI=1S/C16H14O4/c1-8(2)13-7-12-14(17)11-6-9(19-3)4-5-10(11)15(18)16(12)20-13/h4-6,13H,1,7H2,2-3H3. The Morgan fingerprint density at radius 3 is 2.70 bits per heavy atom. The molecule has 4 heteroatoms. The molecule has 1 aliphatic carbocycles. The fourth-order valence-corrected chi connectivity index (χ4v) is 2.52. The van der Waals surface area contributed by atoms with E-state index in [2.05, 4.69) is 6.58 Å². The number of methoxy groups -OCH3 is 1. The van der Waals surface area contributed by atoms with Gasteiger partial charge in [-0.15, -0.1) is 0 Å². The highest BCUT2D eigenvalue weighted by atomic mass is 16.5. The summed E-state index contributed by atoms with van der Waals surface area (Å²) in [6, 6.07) is 4.88. The minimum Gasteiger partial charge on any atom is -0.497 e. The Bertz CT molecular complexity index is 682. The maximum absolute atomic E-state index is 12.5. The topological polar surface area (TPSA) is 52.6 Å². The first-order valence-corrected chi connectivity index (χ1v) is 6.35. The summed E-state index contributed by atoms with van der Waals surface area (Å²) in [5.74, 6) is 0.350. The Hall–Kier alpha value is -2.36. The first kappa shape index (κ1) is 12.7. The van der Waals surface area contributed by atoms with Gasteiger partial charge in [-0.1, -0.05) is 6.58 Å². The van der Waals surface area contributed by atoms with Crippen molar-refractivity contribution in [2.45, 2.75) is 19.4 Å². The molecule has 0 saturated heterocycles. The fraction of sp³-hybridized carbons (Fsp3) is 0.250. The van der Waals surface area contributed by atoms with Crippen LogP contribution in [-0.2, 0) is 4.74 Å². The normalized spacial score (nSPS) is 20.4. The molecule has 3 rings (SSSR count). The van der Waals surface area contributed by atoms with E-state index in [9.17, 15) is 9.59 Å². The second-order valence-electron chi connectivity index (χ2n) is 5.03. The maximum atomic E-state index is 12.5. The molecule has 1 aromatic carbocycles. The SMILES string of the molecule is C=C(C)C1CC2=C(O1)C(=O)c1ccc(OC)cc1C2=O. The van der Waals surface area contributed by atoms with Crippen LogP contribution in [0.4, 0.5) is 0 Å². The molecule has 0 spiro atoms. The van der Waals surface area contributed by atoms with Crippen LogP contribution in [0.2, 0.25) is 0 Å². The molecule has 0 saturated carbocycles. The van der Waals surface area contributed by atoms with E-state index in [1.807, 2.05) is 6.92 Å². The highest BCUT2D eigenvalue weighted by Gasteiger charge is 2.40. The Balaban J connectivity index is 2.07. The minimum absolute atomic E-state index is 0.155. The largest absolute Gasteiger partial charge is 0.497 e. The zero-order chi connectivity index (χ0) is 14.4. The van der Waals surface area contributed by atoms with Crippen LogP contribution in [0.15, 0.2) is 41.7 Å². The molecule has 1 unspecified atom stereocenters. The van der Waals surface area contributed by atoms with Crippen molar-refractivity contribution in [1.82, 2.24) is 0 Å². The Morgan fingerprint density at radius 2 is 2.05 bits per heavy atom. The monoisotopic (exact) mass is 270 g/mol. The van der Waals surface area contributed by atoms with Crippen molar-refractivity contribution in [3.63, 3.8) is 0 Å². The van der Waals surface area contributed by atoms with Crippen molar-refractivity contribution in [2.24, 2.45) is 0 Å². The summed E-state index contributed by atoms with van der Waals surface area (Å²) < 4.78 is 10.7. The number of allylic oxidation sites excluding steroid dienone is 1. The number of hydrogen-bond acceptors (Lipinski definition) is 4. The molecule has 1 aliphatic heterocycles. The number of hydrogen-bond donors (Lipinski definition) is 0. The van der Waals surface area contributed by atoms with Gasteiger partial charge in [0, 0.05) is 17.5 Å². The summed E-state index contributed by atoms with van der Waals surface area (Å²) in [7, 11) is 1.53. The Kier molecular flexibility index (Phi) is 2.74. The summed E-state index contributed by atoms with van der Waals surface area (Å²) in [6.07, 6.45) is 0.121. The van der Waals surface area contributed by atoms with E-state index < -0.39 is 0 Å². The molecule has 1 atom stereocenters. The van der Waals surface area contributed by atoms with Crippen molar-refractivity contribution in [2.75, 3.05) is 7.11 Å². The van der Waals surface area contributed by atoms with Crippen molar-refractivity contribution in [1.29, 1.82) is 0 Å². The van der Waals surface area contributed by atoms with Gasteiger partial charge in [-0.2, -0.15) is 0 Å². The maximum Gasteiger partial charge on any atom is 0.228 e. The number of ether oxygens (including phenoxy) is 2. The average molecular weight is 270 g/mol. The van der Waals surface area contributed by atoms with E-state index in [-0.39, 0.29) is 23.4 Å². The number of Topliss-reactive ketones (excluding diaryl/α,β-unsaturated/α-hetero) is 2. The van der Waals surface area contributed by atoms with Crippen LogP contribution >= 0.6 is 0 Å². The molecule has 0 radical (unpaired) electrons. The minimum atomic E-state index is -0.288. The van der Waals surface area contributed by atoms with Crippen LogP contribution in [0.3, 0.4) is 0 Å². The van der Waals surface area contributed by atoms with E-state index >= 15 is 0 Å². The third kappa shape index (κ3) is 1.68. The van der Waals surface area contributed by atoms with E-state index in [0.717, 1.165) is 5.57 Å². The summed E-state index contributed by atoms with van der Waals surface area (Å²) in [4.78, 5) is 24.9. The summed E-state index contributed by atoms with van der Waals surface area (Å²) in [5, 5.41) is 0. The van der Waals surface area contributed by atoms with Gasteiger partial charge >= 0.3 is 0 Å². The van der Waals surface area contributed by atoms with E-state index in [1.54, 1.807) is 18.2 Å². The zero-order valence-electron chi connectivity index (χ0n) is 11.4. The Labute approximate surface area is 116 Å². The summed E-state index contributed by atoms with van der Waals surface area (Å²) >= 11 is 0. The van der Waals surface area contributed by atoms with Gasteiger partial charge in [0.25, 0.3) is 0 Å². The van der Waals surface area contributed by atoms with Gasteiger partial charge in [0.2, 0.25) is 5.78 Å². The predicted molar refractivity (Wildman–Crippen MR) is 73.0 cm³/mol. The van der Waals surface area contributed by atoms with Crippen LogP contribution in [0.5, 0.6) is 5.75 Å². The number of ketones is 2. The Morgan fingerprint density at radius 1 is 1.30 bits per heavy atom. The van der Waals surface area contributed by atoms with Gasteiger partial charge < -0.3 is 9.47 Å². The van der Waals surface area contributed by atoms with Crippen molar-refractivity contribution >= 4 is 11.6 Å². The molecule has 1 heterocycles. The third-order valence-corrected chi connectivity index (χ3v) is 3.67. The van der Waals surface area contributed by atoms with Crippen molar-refractivity contribution < 1.29 is 19.1 Å². The van der Waals surface area contributed by atoms with Crippen molar-refractivity contribution in [3.8, 4) is 5.75 Å². The van der Waals surface area contributed by atoms with Gasteiger partial charge in [0.15, 0.2) is 11.5 Å². The first-order valence-electron chi connectivity index (χ1n) is 6.35. The molecular weight excluding hydrogens is 256 g/mol. The molecule has 102 valence electrons. The van der Waals surface area contributed by atoms with Crippen LogP contribution in [0.25, 0.3) is 0 Å². The molecule has 0 amide bonds. The van der Waals surface area contributed by atoms with Gasteiger partial charge in [-0.3, -0.25) is 9.59 Å². The lowest BCUT2D eigenvalue weighted by molar-refractivity contribution is 0.0876. The lowest BCUT2D eigenvalue weighted by Crippen LogP contribution is -2.20. The average Bonchev–Trinajstić information content (AvgIpc) is 2.90. The summed E-state index contributed by atoms with van der Waals surface area (Å²) in [5.41, 5.74) is 2.02. The van der Waals surface area contributed by atoms with E-state index in [4.69, 9.17) is 9.47 Å². The molecule has 0 bridgehead atoms. The highest BCUT2D eigenvalue weighted by Crippen LogP contribution is 2.38. The fourth-order valence-electron chi connectivity index (χ4n) is 2.52. The molecule has 0 N–H and O–H groups in total. The molecule has 0 aromatic heterocycles. The molecule has 1 aromatic rings. The number of carbonyl (C=O) groups excluding carboxylic acids is 2. The van der Waals surface area contributed by atoms with Gasteiger partial charge in [-0.25, -0.2) is 0 Å². The van der Waals surface area contributed by atoms with Crippen LogP contribution in [0.1, 0.15) is 34.1 Å². The predicted octanol–water partition coefficient (Wildman–Crippen LogP) is 2.69. The van der Waals surface area contributed by atoms with E-state index in [0.29, 0.717) is 28.9 Å². The van der Waals surface area contributed by atoms with Crippen LogP contribution in [0, 0.1) is 0 Å². The summed E-state index contributed by atoms with van der Waals surface area (Å²) in [6.45, 7) is 5.65. The van der Waals surface area contributed by atoms with Crippen molar-refractivity contribution in [3.05, 3.63) is 52.8 Å². The van der Waals surface area contributed by atoms with E-state index in [1.165, 1.54) is 7.11 Å². The van der Waals surface area contributed by atoms with Gasteiger partial charge in [-0.05, 0) is 30.7 Å². The lowest BCUT2D eigenvalue weighted by atomic mass is 9.87. The second-order valence-corrected chi connectivity index (χ2v) is 5.03. The van der Waals surface area contributed by atoms with Crippen LogP contribution < -0.4 is 4.74 Å². The first-order chi connectivity index (χ1) is 9.52. The zero-order valence-corrected chi connectivity index (χ0v) is 11.4. The third-order valence-electron chi connectivity index (χ3n) is 3.67. The molecule has 2 aliphatic rings. The second kappa shape index (κ2) is 4.34. The number of benzene rings is 1. The van der Waals surface area contributed by atoms with Gasteiger partial charge in [0.05, 0.1) is 12.7 Å². The smallest absolute Gasteiger partial charge is 0.228 e. The highest BCUT2D eigenvalue weighted by molar-refractivity contribution is 6.26. The quantitative estimate of drug-likeness (QED) is 0.775. The number of carbonyl (C=O) groups is 2. The number of rotatable bonds is 2.